The van der Waals surface area contributed by atoms with Crippen molar-refractivity contribution >= 4 is 5.57 Å². The highest BCUT2D eigenvalue weighted by Crippen LogP contribution is 2.35. The Morgan fingerprint density at radius 1 is 0.824 bits per heavy atom. The van der Waals surface area contributed by atoms with Crippen LogP contribution < -0.4 is 0 Å². The van der Waals surface area contributed by atoms with Crippen molar-refractivity contribution in [3.05, 3.63) is 82.8 Å². The lowest BCUT2D eigenvalue weighted by atomic mass is 9.94. The predicted molar refractivity (Wildman–Crippen MR) is 72.8 cm³/mol. The molecule has 17 heavy (non-hydrogen) atoms. The van der Waals surface area contributed by atoms with Crippen molar-refractivity contribution in [1.82, 2.24) is 0 Å². The number of fused-ring (bicyclic) bond motifs is 1. The van der Waals surface area contributed by atoms with Crippen molar-refractivity contribution in [2.45, 2.75) is 13.8 Å². The molecule has 0 saturated carbocycles. The summed E-state index contributed by atoms with van der Waals surface area (Å²) >= 11 is 0. The molecule has 0 heteroatoms. The summed E-state index contributed by atoms with van der Waals surface area (Å²) in [6.45, 7) is 4.32. The van der Waals surface area contributed by atoms with E-state index in [1.807, 2.05) is 0 Å². The molecule has 0 nitrogen and oxygen atoms in total. The SMILES string of the molecule is Cc1ccc(C)c(C2=C[CH]c3ccccc32)c1. The van der Waals surface area contributed by atoms with Gasteiger partial charge in [-0.15, -0.1) is 0 Å². The number of aryl methyl sites for hydroxylation is 2. The number of rotatable bonds is 1. The van der Waals surface area contributed by atoms with Crippen LogP contribution in [0.5, 0.6) is 0 Å². The molecule has 3 rings (SSSR count). The van der Waals surface area contributed by atoms with Gasteiger partial charge >= 0.3 is 0 Å². The van der Waals surface area contributed by atoms with Gasteiger partial charge in [0.25, 0.3) is 0 Å². The fraction of sp³-hybridized carbons (Fsp3) is 0.118. The molecule has 0 unspecified atom stereocenters. The van der Waals surface area contributed by atoms with Crippen molar-refractivity contribution in [2.24, 2.45) is 0 Å². The van der Waals surface area contributed by atoms with E-state index in [9.17, 15) is 0 Å². The lowest BCUT2D eigenvalue weighted by Crippen LogP contribution is -1.91. The molecule has 0 spiro atoms. The van der Waals surface area contributed by atoms with Gasteiger partial charge in [0.2, 0.25) is 0 Å². The first-order valence-electron chi connectivity index (χ1n) is 5.98. The summed E-state index contributed by atoms with van der Waals surface area (Å²) in [6.07, 6.45) is 4.43. The molecule has 2 aromatic rings. The van der Waals surface area contributed by atoms with Crippen LogP contribution in [0.1, 0.15) is 27.8 Å². The lowest BCUT2D eigenvalue weighted by molar-refractivity contribution is 1.36. The summed E-state index contributed by atoms with van der Waals surface area (Å²) in [6, 6.07) is 15.2. The van der Waals surface area contributed by atoms with E-state index in [0.717, 1.165) is 0 Å². The van der Waals surface area contributed by atoms with Crippen molar-refractivity contribution < 1.29 is 0 Å². The van der Waals surface area contributed by atoms with Gasteiger partial charge in [-0.3, -0.25) is 0 Å². The summed E-state index contributed by atoms with van der Waals surface area (Å²) in [4.78, 5) is 0. The largest absolute Gasteiger partial charge is 0.0676 e. The zero-order valence-corrected chi connectivity index (χ0v) is 10.2. The lowest BCUT2D eigenvalue weighted by Gasteiger charge is -2.10. The zero-order chi connectivity index (χ0) is 11.8. The van der Waals surface area contributed by atoms with Crippen molar-refractivity contribution in [3.63, 3.8) is 0 Å². The van der Waals surface area contributed by atoms with Crippen LogP contribution in [0, 0.1) is 20.3 Å². The van der Waals surface area contributed by atoms with Crippen LogP contribution in [0.25, 0.3) is 5.57 Å². The van der Waals surface area contributed by atoms with Crippen LogP contribution in [-0.2, 0) is 0 Å². The first-order chi connectivity index (χ1) is 8.25. The first kappa shape index (κ1) is 10.3. The molecule has 0 saturated heterocycles. The molecule has 83 valence electrons. The highest BCUT2D eigenvalue weighted by atomic mass is 14.2. The molecule has 1 aliphatic carbocycles. The Kier molecular flexibility index (Phi) is 2.36. The van der Waals surface area contributed by atoms with E-state index in [1.165, 1.54) is 33.4 Å². The van der Waals surface area contributed by atoms with E-state index in [0.29, 0.717) is 0 Å². The van der Waals surface area contributed by atoms with Gasteiger partial charge in [0, 0.05) is 6.42 Å². The molecule has 0 aromatic heterocycles. The second kappa shape index (κ2) is 3.89. The molecule has 1 radical (unpaired) electrons. The van der Waals surface area contributed by atoms with E-state index in [1.54, 1.807) is 0 Å². The Labute approximate surface area is 103 Å². The standard InChI is InChI=1S/C17H15/c1-12-7-8-13(2)17(11-12)16-10-9-14-5-3-4-6-15(14)16/h3-11H,1-2H3. The minimum absolute atomic E-state index is 1.32. The minimum Gasteiger partial charge on any atom is -0.0676 e. The van der Waals surface area contributed by atoms with E-state index in [4.69, 9.17) is 0 Å². The van der Waals surface area contributed by atoms with Gasteiger partial charge in [0.15, 0.2) is 0 Å². The van der Waals surface area contributed by atoms with E-state index >= 15 is 0 Å². The van der Waals surface area contributed by atoms with E-state index in [2.05, 4.69) is 68.8 Å². The molecule has 0 atom stereocenters. The van der Waals surface area contributed by atoms with Gasteiger partial charge in [-0.25, -0.2) is 0 Å². The van der Waals surface area contributed by atoms with Gasteiger partial charge in [-0.2, -0.15) is 0 Å². The second-order valence-corrected chi connectivity index (χ2v) is 4.65. The molecule has 0 bridgehead atoms. The van der Waals surface area contributed by atoms with Crippen LogP contribution >= 0.6 is 0 Å². The third-order valence-electron chi connectivity index (χ3n) is 3.36. The third kappa shape index (κ3) is 1.70. The average molecular weight is 219 g/mol. The summed E-state index contributed by atoms with van der Waals surface area (Å²) in [7, 11) is 0. The highest BCUT2D eigenvalue weighted by Gasteiger charge is 2.16. The van der Waals surface area contributed by atoms with E-state index < -0.39 is 0 Å². The Balaban J connectivity index is 2.16. The van der Waals surface area contributed by atoms with Crippen molar-refractivity contribution in [1.29, 1.82) is 0 Å². The van der Waals surface area contributed by atoms with Gasteiger partial charge in [0.1, 0.15) is 0 Å². The van der Waals surface area contributed by atoms with Gasteiger partial charge in [-0.05, 0) is 41.7 Å². The monoisotopic (exact) mass is 219 g/mol. The molecule has 0 heterocycles. The Bertz CT molecular complexity index is 603. The van der Waals surface area contributed by atoms with Crippen LogP contribution in [0.2, 0.25) is 0 Å². The zero-order valence-electron chi connectivity index (χ0n) is 10.2. The van der Waals surface area contributed by atoms with Gasteiger partial charge in [0.05, 0.1) is 0 Å². The second-order valence-electron chi connectivity index (χ2n) is 4.65. The molecular formula is C17H15. The number of allylic oxidation sites excluding steroid dienone is 1. The number of hydrogen-bond acceptors (Lipinski definition) is 0. The fourth-order valence-corrected chi connectivity index (χ4v) is 2.41. The minimum atomic E-state index is 1.32. The molecule has 0 fully saturated rings. The maximum absolute atomic E-state index is 2.27. The van der Waals surface area contributed by atoms with E-state index in [-0.39, 0.29) is 0 Å². The summed E-state index contributed by atoms with van der Waals surface area (Å²) in [5.74, 6) is 0. The van der Waals surface area contributed by atoms with Gasteiger partial charge in [-0.1, -0.05) is 54.1 Å². The molecule has 0 amide bonds. The van der Waals surface area contributed by atoms with Crippen LogP contribution in [0.4, 0.5) is 0 Å². The summed E-state index contributed by atoms with van der Waals surface area (Å²) < 4.78 is 0. The quantitative estimate of drug-likeness (QED) is 0.670. The van der Waals surface area contributed by atoms with Crippen LogP contribution in [-0.4, -0.2) is 0 Å². The molecular weight excluding hydrogens is 204 g/mol. The molecule has 0 aliphatic heterocycles. The van der Waals surface area contributed by atoms with Crippen molar-refractivity contribution in [2.75, 3.05) is 0 Å². The Hall–Kier alpha value is -1.82. The summed E-state index contributed by atoms with van der Waals surface area (Å²) in [5, 5.41) is 0. The third-order valence-corrected chi connectivity index (χ3v) is 3.36. The topological polar surface area (TPSA) is 0 Å². The number of hydrogen-bond donors (Lipinski definition) is 0. The Morgan fingerprint density at radius 2 is 1.65 bits per heavy atom. The van der Waals surface area contributed by atoms with Crippen LogP contribution in [0.3, 0.4) is 0 Å². The normalized spacial score (nSPS) is 13.4. The summed E-state index contributed by atoms with van der Waals surface area (Å²) in [5.41, 5.74) is 8.03. The average Bonchev–Trinajstić information content (AvgIpc) is 2.76. The molecule has 2 aromatic carbocycles. The fourth-order valence-electron chi connectivity index (χ4n) is 2.41. The smallest absolute Gasteiger partial charge is 0.0138 e. The molecule has 1 aliphatic rings. The highest BCUT2D eigenvalue weighted by molar-refractivity contribution is 5.88. The van der Waals surface area contributed by atoms with Crippen molar-refractivity contribution in [3.8, 4) is 0 Å². The predicted octanol–water partition coefficient (Wildman–Crippen LogP) is 4.30. The Morgan fingerprint density at radius 3 is 2.53 bits per heavy atom. The first-order valence-corrected chi connectivity index (χ1v) is 5.98. The number of benzene rings is 2. The van der Waals surface area contributed by atoms with Crippen LogP contribution in [0.15, 0.2) is 48.5 Å². The maximum Gasteiger partial charge on any atom is 0.0138 e. The molecule has 0 N–H and O–H groups in total. The maximum atomic E-state index is 2.27. The van der Waals surface area contributed by atoms with Gasteiger partial charge < -0.3 is 0 Å².